The molecule has 0 aromatic heterocycles. The van der Waals surface area contributed by atoms with E-state index in [4.69, 9.17) is 23.2 Å². The third-order valence-corrected chi connectivity index (χ3v) is 7.15. The highest BCUT2D eigenvalue weighted by atomic mass is 35.5. The van der Waals surface area contributed by atoms with E-state index in [1.54, 1.807) is 35.5 Å². The third kappa shape index (κ3) is 3.42. The van der Waals surface area contributed by atoms with E-state index in [1.165, 1.54) is 18.2 Å². The molecule has 3 aromatic rings. The average Bonchev–Trinajstić information content (AvgIpc) is 3.31. The number of hydrazone groups is 1. The van der Waals surface area contributed by atoms with Crippen molar-refractivity contribution in [3.05, 3.63) is 94.0 Å². The Bertz CT molecular complexity index is 1390. The first-order valence-electron chi connectivity index (χ1n) is 11.0. The fraction of sp³-hybridized carbons (Fsp3) is 0.154. The lowest BCUT2D eigenvalue weighted by atomic mass is 9.85. The van der Waals surface area contributed by atoms with Gasteiger partial charge >= 0.3 is 0 Å². The second-order valence-corrected chi connectivity index (χ2v) is 9.56. The summed E-state index contributed by atoms with van der Waals surface area (Å²) in [5.41, 5.74) is 2.57. The number of fused-ring (bicyclic) bond motifs is 5. The number of para-hydroxylation sites is 1. The van der Waals surface area contributed by atoms with Crippen molar-refractivity contribution in [3.63, 3.8) is 0 Å². The van der Waals surface area contributed by atoms with Gasteiger partial charge in [0.1, 0.15) is 6.04 Å². The van der Waals surface area contributed by atoms with Crippen LogP contribution in [-0.2, 0) is 14.4 Å². The van der Waals surface area contributed by atoms with Crippen LogP contribution in [0.25, 0.3) is 0 Å². The minimum absolute atomic E-state index is 0.285. The van der Waals surface area contributed by atoms with Gasteiger partial charge in [0, 0.05) is 15.7 Å². The maximum Gasteiger partial charge on any atom is 0.249 e. The van der Waals surface area contributed by atoms with Gasteiger partial charge in [-0.1, -0.05) is 65.7 Å². The van der Waals surface area contributed by atoms with Gasteiger partial charge in [0.25, 0.3) is 0 Å². The highest BCUT2D eigenvalue weighted by Crippen LogP contribution is 2.52. The van der Waals surface area contributed by atoms with Gasteiger partial charge in [0.2, 0.25) is 17.7 Å². The Labute approximate surface area is 210 Å². The first-order valence-corrected chi connectivity index (χ1v) is 11.8. The first-order chi connectivity index (χ1) is 16.9. The molecule has 1 unspecified atom stereocenters. The lowest BCUT2D eigenvalue weighted by molar-refractivity contribution is -0.129. The van der Waals surface area contributed by atoms with E-state index in [2.05, 4.69) is 10.4 Å². The number of nitrogens with one attached hydrogen (secondary N) is 1. The number of nitrogens with zero attached hydrogens (tertiary/aromatic N) is 3. The van der Waals surface area contributed by atoms with E-state index in [9.17, 15) is 14.4 Å². The molecule has 4 atom stereocenters. The Hall–Kier alpha value is -3.68. The summed E-state index contributed by atoms with van der Waals surface area (Å²) in [5.74, 6) is -3.02. The standard InChI is InChI=1S/C26H18Cl2N4O3/c27-15-10-16(28)12-18(11-15)31-25(34)20-21(26(31)35)23(24(33)30-17-7-2-1-3-8-17)32-22(20)19-9-5-4-6-14(19)13-29-32/h1-13,20-23H,(H,30,33)/t20-,21+,22?,23-/m1/s1. The number of hydrogen-bond acceptors (Lipinski definition) is 5. The van der Waals surface area contributed by atoms with Gasteiger partial charge in [-0.25, -0.2) is 4.90 Å². The molecule has 3 aliphatic heterocycles. The average molecular weight is 505 g/mol. The molecule has 0 radical (unpaired) electrons. The highest BCUT2D eigenvalue weighted by molar-refractivity contribution is 6.36. The summed E-state index contributed by atoms with van der Waals surface area (Å²) in [4.78, 5) is 42.3. The van der Waals surface area contributed by atoms with Crippen molar-refractivity contribution in [1.82, 2.24) is 5.01 Å². The van der Waals surface area contributed by atoms with E-state index in [1.807, 2.05) is 30.3 Å². The molecule has 3 amide bonds. The summed E-state index contributed by atoms with van der Waals surface area (Å²) in [5, 5.41) is 9.63. The number of carbonyl (C=O) groups is 3. The van der Waals surface area contributed by atoms with Crippen molar-refractivity contribution in [1.29, 1.82) is 0 Å². The number of hydrogen-bond donors (Lipinski definition) is 1. The number of anilines is 2. The van der Waals surface area contributed by atoms with Crippen LogP contribution in [-0.4, -0.2) is 35.0 Å². The summed E-state index contributed by atoms with van der Waals surface area (Å²) in [6.07, 6.45) is 1.67. The van der Waals surface area contributed by atoms with Gasteiger partial charge in [0.05, 0.1) is 29.8 Å². The van der Waals surface area contributed by atoms with E-state index >= 15 is 0 Å². The van der Waals surface area contributed by atoms with Gasteiger partial charge < -0.3 is 5.32 Å². The fourth-order valence-corrected chi connectivity index (χ4v) is 5.84. The van der Waals surface area contributed by atoms with Crippen molar-refractivity contribution in [2.75, 3.05) is 10.2 Å². The van der Waals surface area contributed by atoms with E-state index in [0.29, 0.717) is 15.7 Å². The molecule has 174 valence electrons. The Morgan fingerprint density at radius 2 is 1.51 bits per heavy atom. The molecular weight excluding hydrogens is 487 g/mol. The number of halogens is 2. The Morgan fingerprint density at radius 1 is 0.857 bits per heavy atom. The van der Waals surface area contributed by atoms with Crippen LogP contribution in [0.5, 0.6) is 0 Å². The smallest absolute Gasteiger partial charge is 0.249 e. The quantitative estimate of drug-likeness (QED) is 0.532. The summed E-state index contributed by atoms with van der Waals surface area (Å²) in [7, 11) is 0. The maximum atomic E-state index is 13.8. The van der Waals surface area contributed by atoms with Crippen molar-refractivity contribution in [2.24, 2.45) is 16.9 Å². The van der Waals surface area contributed by atoms with E-state index in [-0.39, 0.29) is 5.69 Å². The summed E-state index contributed by atoms with van der Waals surface area (Å²) in [6.45, 7) is 0. The Balaban J connectivity index is 1.46. The monoisotopic (exact) mass is 504 g/mol. The minimum atomic E-state index is -0.981. The fourth-order valence-electron chi connectivity index (χ4n) is 5.33. The van der Waals surface area contributed by atoms with Crippen LogP contribution < -0.4 is 10.2 Å². The topological polar surface area (TPSA) is 82.1 Å². The Kier molecular flexibility index (Phi) is 5.12. The van der Waals surface area contributed by atoms with Crippen molar-refractivity contribution >= 4 is 58.5 Å². The molecule has 7 nitrogen and oxygen atoms in total. The second kappa shape index (κ2) is 8.22. The largest absolute Gasteiger partial charge is 0.324 e. The van der Waals surface area contributed by atoms with Gasteiger partial charge in [-0.15, -0.1) is 0 Å². The molecule has 0 bridgehead atoms. The van der Waals surface area contributed by atoms with Crippen molar-refractivity contribution < 1.29 is 14.4 Å². The van der Waals surface area contributed by atoms with E-state index in [0.717, 1.165) is 16.0 Å². The van der Waals surface area contributed by atoms with Crippen LogP contribution in [0.2, 0.25) is 10.0 Å². The van der Waals surface area contributed by atoms with Crippen molar-refractivity contribution in [3.8, 4) is 0 Å². The molecule has 6 rings (SSSR count). The van der Waals surface area contributed by atoms with Gasteiger partial charge in [-0.2, -0.15) is 5.10 Å². The molecule has 0 spiro atoms. The van der Waals surface area contributed by atoms with E-state index < -0.39 is 41.6 Å². The van der Waals surface area contributed by atoms with Crippen LogP contribution in [0.15, 0.2) is 77.9 Å². The third-order valence-electron chi connectivity index (χ3n) is 6.71. The molecular formula is C26H18Cl2N4O3. The predicted octanol–water partition coefficient (Wildman–Crippen LogP) is 4.51. The second-order valence-electron chi connectivity index (χ2n) is 8.69. The summed E-state index contributed by atoms with van der Waals surface area (Å²) >= 11 is 12.3. The van der Waals surface area contributed by atoms with Gasteiger partial charge in [0.15, 0.2) is 0 Å². The molecule has 9 heteroatoms. The molecule has 0 aliphatic carbocycles. The number of carbonyl (C=O) groups excluding carboxylic acids is 3. The lowest BCUT2D eigenvalue weighted by Gasteiger charge is -2.33. The molecule has 35 heavy (non-hydrogen) atoms. The zero-order valence-corrected chi connectivity index (χ0v) is 19.6. The number of amides is 3. The Morgan fingerprint density at radius 3 is 2.26 bits per heavy atom. The normalized spacial score (nSPS) is 24.3. The molecule has 1 N–H and O–H groups in total. The van der Waals surface area contributed by atoms with Crippen LogP contribution in [0.3, 0.4) is 0 Å². The van der Waals surface area contributed by atoms with Gasteiger partial charge in [-0.05, 0) is 41.5 Å². The zero-order chi connectivity index (χ0) is 24.3. The molecule has 2 fully saturated rings. The molecule has 3 aliphatic rings. The maximum absolute atomic E-state index is 13.8. The lowest BCUT2D eigenvalue weighted by Crippen LogP contribution is -2.46. The number of imide groups is 1. The van der Waals surface area contributed by atoms with Crippen molar-refractivity contribution in [2.45, 2.75) is 12.1 Å². The number of rotatable bonds is 3. The SMILES string of the molecule is O=C(Nc1ccccc1)[C@H]1[C@H]2C(=O)N(c3cc(Cl)cc(Cl)c3)C(=O)[C@H]2C2c3ccccc3C=NN21. The molecule has 2 saturated heterocycles. The minimum Gasteiger partial charge on any atom is -0.324 e. The summed E-state index contributed by atoms with van der Waals surface area (Å²) < 4.78 is 0. The molecule has 0 saturated carbocycles. The summed E-state index contributed by atoms with van der Waals surface area (Å²) in [6, 6.07) is 19.6. The predicted molar refractivity (Wildman–Crippen MR) is 133 cm³/mol. The first kappa shape index (κ1) is 21.8. The molecule has 3 aromatic carbocycles. The van der Waals surface area contributed by atoms with Crippen LogP contribution in [0, 0.1) is 11.8 Å². The van der Waals surface area contributed by atoms with Crippen LogP contribution in [0.1, 0.15) is 17.2 Å². The molecule has 3 heterocycles. The number of benzene rings is 3. The van der Waals surface area contributed by atoms with Gasteiger partial charge in [-0.3, -0.25) is 19.4 Å². The van der Waals surface area contributed by atoms with Crippen LogP contribution >= 0.6 is 23.2 Å². The van der Waals surface area contributed by atoms with Crippen LogP contribution in [0.4, 0.5) is 11.4 Å². The zero-order valence-electron chi connectivity index (χ0n) is 18.1. The highest BCUT2D eigenvalue weighted by Gasteiger charge is 2.65.